The van der Waals surface area contributed by atoms with Gasteiger partial charge in [0.2, 0.25) is 5.91 Å². The van der Waals surface area contributed by atoms with Crippen molar-refractivity contribution in [3.63, 3.8) is 0 Å². The number of para-hydroxylation sites is 1. The van der Waals surface area contributed by atoms with Crippen LogP contribution in [0.5, 0.6) is 0 Å². The fourth-order valence-corrected chi connectivity index (χ4v) is 2.77. The average Bonchev–Trinajstić information content (AvgIpc) is 3.27. The van der Waals surface area contributed by atoms with Crippen molar-refractivity contribution in [3.05, 3.63) is 78.2 Å². The number of rotatable bonds is 4. The first-order chi connectivity index (χ1) is 13.7. The van der Waals surface area contributed by atoms with Gasteiger partial charge in [0.1, 0.15) is 6.33 Å². The molecule has 0 fully saturated rings. The average molecular weight is 373 g/mol. The van der Waals surface area contributed by atoms with Crippen LogP contribution in [0.1, 0.15) is 15.9 Å². The maximum absolute atomic E-state index is 12.2. The van der Waals surface area contributed by atoms with E-state index in [1.807, 2.05) is 30.3 Å². The molecule has 2 heterocycles. The molecule has 2 amide bonds. The van der Waals surface area contributed by atoms with Crippen LogP contribution in [0, 0.1) is 0 Å². The molecule has 0 aliphatic rings. The Balaban J connectivity index is 1.37. The highest BCUT2D eigenvalue weighted by Crippen LogP contribution is 2.16. The molecule has 2 aromatic carbocycles. The van der Waals surface area contributed by atoms with Crippen molar-refractivity contribution in [2.75, 3.05) is 0 Å². The number of hydrazine groups is 1. The van der Waals surface area contributed by atoms with E-state index in [4.69, 9.17) is 0 Å². The molecule has 0 aliphatic heterocycles. The zero-order chi connectivity index (χ0) is 19.3. The number of pyridine rings is 1. The van der Waals surface area contributed by atoms with E-state index >= 15 is 0 Å². The molecule has 4 rings (SSSR count). The smallest absolute Gasteiger partial charge is 0.269 e. The van der Waals surface area contributed by atoms with Gasteiger partial charge in [-0.05, 0) is 46.3 Å². The number of fused-ring (bicyclic) bond motifs is 1. The molecule has 2 aromatic heterocycles. The first-order valence-corrected chi connectivity index (χ1v) is 8.46. The number of hydrogen-bond acceptors (Lipinski definition) is 6. The second-order valence-corrected chi connectivity index (χ2v) is 5.97. The van der Waals surface area contributed by atoms with E-state index in [9.17, 15) is 9.59 Å². The van der Waals surface area contributed by atoms with Crippen molar-refractivity contribution in [2.24, 2.45) is 0 Å². The molecule has 0 atom stereocenters. The molecule has 28 heavy (non-hydrogen) atoms. The summed E-state index contributed by atoms with van der Waals surface area (Å²) in [5.74, 6) is -0.760. The minimum atomic E-state index is -0.423. The molecule has 0 unspecified atom stereocenters. The Kier molecular flexibility index (Phi) is 4.70. The summed E-state index contributed by atoms with van der Waals surface area (Å²) >= 11 is 0. The molecular formula is C19H15N7O2. The zero-order valence-corrected chi connectivity index (χ0v) is 14.6. The SMILES string of the molecule is O=C(Cc1cccc2cccnc12)NNC(=O)c1ccc(-n2cnnn2)cc1. The van der Waals surface area contributed by atoms with E-state index < -0.39 is 5.91 Å². The van der Waals surface area contributed by atoms with E-state index in [0.29, 0.717) is 11.3 Å². The van der Waals surface area contributed by atoms with Gasteiger partial charge in [0.25, 0.3) is 5.91 Å². The summed E-state index contributed by atoms with van der Waals surface area (Å²) in [5.41, 5.74) is 7.51. The first kappa shape index (κ1) is 17.3. The number of carbonyl (C=O) groups is 2. The molecule has 0 saturated heterocycles. The molecular weight excluding hydrogens is 358 g/mol. The lowest BCUT2D eigenvalue weighted by atomic mass is 10.1. The van der Waals surface area contributed by atoms with Gasteiger partial charge in [0.15, 0.2) is 0 Å². The van der Waals surface area contributed by atoms with Crippen LogP contribution in [0.25, 0.3) is 16.6 Å². The first-order valence-electron chi connectivity index (χ1n) is 8.46. The van der Waals surface area contributed by atoms with Gasteiger partial charge < -0.3 is 0 Å². The van der Waals surface area contributed by atoms with Gasteiger partial charge in [-0.15, -0.1) is 5.10 Å². The fraction of sp³-hybridized carbons (Fsp3) is 0.0526. The van der Waals surface area contributed by atoms with Gasteiger partial charge in [-0.1, -0.05) is 24.3 Å². The van der Waals surface area contributed by atoms with Crippen LogP contribution in [0.2, 0.25) is 0 Å². The minimum Gasteiger partial charge on any atom is -0.273 e. The van der Waals surface area contributed by atoms with Crippen LogP contribution in [-0.2, 0) is 11.2 Å². The monoisotopic (exact) mass is 373 g/mol. The van der Waals surface area contributed by atoms with E-state index in [1.165, 1.54) is 11.0 Å². The van der Waals surface area contributed by atoms with Crippen molar-refractivity contribution >= 4 is 22.7 Å². The number of benzene rings is 2. The molecule has 9 heteroatoms. The lowest BCUT2D eigenvalue weighted by Gasteiger charge is -2.09. The maximum atomic E-state index is 12.2. The molecule has 2 N–H and O–H groups in total. The van der Waals surface area contributed by atoms with E-state index in [-0.39, 0.29) is 12.3 Å². The Bertz CT molecular complexity index is 1120. The summed E-state index contributed by atoms with van der Waals surface area (Å²) in [6, 6.07) is 16.1. The summed E-state index contributed by atoms with van der Waals surface area (Å²) in [4.78, 5) is 28.8. The lowest BCUT2D eigenvalue weighted by molar-refractivity contribution is -0.121. The quantitative estimate of drug-likeness (QED) is 0.520. The molecule has 138 valence electrons. The number of hydrogen-bond donors (Lipinski definition) is 2. The van der Waals surface area contributed by atoms with Gasteiger partial charge in [0.05, 0.1) is 17.6 Å². The van der Waals surface area contributed by atoms with Gasteiger partial charge in [-0.3, -0.25) is 25.4 Å². The van der Waals surface area contributed by atoms with Crippen LogP contribution >= 0.6 is 0 Å². The zero-order valence-electron chi connectivity index (χ0n) is 14.6. The van der Waals surface area contributed by atoms with E-state index in [0.717, 1.165) is 16.5 Å². The second kappa shape index (κ2) is 7.62. The Morgan fingerprint density at radius 1 is 0.964 bits per heavy atom. The number of nitrogens with zero attached hydrogens (tertiary/aromatic N) is 5. The number of amides is 2. The van der Waals surface area contributed by atoms with Crippen LogP contribution in [0.4, 0.5) is 0 Å². The molecule has 9 nitrogen and oxygen atoms in total. The van der Waals surface area contributed by atoms with Crippen molar-refractivity contribution in [1.82, 2.24) is 36.0 Å². The Morgan fingerprint density at radius 2 is 1.79 bits per heavy atom. The second-order valence-electron chi connectivity index (χ2n) is 5.97. The molecule has 0 saturated carbocycles. The minimum absolute atomic E-state index is 0.104. The molecule has 4 aromatic rings. The van der Waals surface area contributed by atoms with Crippen molar-refractivity contribution in [2.45, 2.75) is 6.42 Å². The third-order valence-corrected chi connectivity index (χ3v) is 4.13. The van der Waals surface area contributed by atoms with Crippen molar-refractivity contribution < 1.29 is 9.59 Å². The van der Waals surface area contributed by atoms with E-state index in [1.54, 1.807) is 30.5 Å². The molecule has 0 bridgehead atoms. The summed E-state index contributed by atoms with van der Waals surface area (Å²) in [6.07, 6.45) is 3.24. The van der Waals surface area contributed by atoms with Gasteiger partial charge in [-0.2, -0.15) is 0 Å². The number of tetrazole rings is 1. The van der Waals surface area contributed by atoms with Gasteiger partial charge in [-0.25, -0.2) is 4.68 Å². The van der Waals surface area contributed by atoms with Crippen molar-refractivity contribution in [1.29, 1.82) is 0 Å². The summed E-state index contributed by atoms with van der Waals surface area (Å²) < 4.78 is 1.47. The highest BCUT2D eigenvalue weighted by atomic mass is 16.2. The largest absolute Gasteiger partial charge is 0.273 e. The third-order valence-electron chi connectivity index (χ3n) is 4.13. The fourth-order valence-electron chi connectivity index (χ4n) is 2.77. The molecule has 0 radical (unpaired) electrons. The standard InChI is InChI=1S/C19H15N7O2/c27-17(11-15-4-1-3-13-5-2-10-20-18(13)15)22-23-19(28)14-6-8-16(9-7-14)26-12-21-24-25-26/h1-10,12H,11H2,(H,22,27)(H,23,28). The van der Waals surface area contributed by atoms with Crippen LogP contribution < -0.4 is 10.9 Å². The number of aromatic nitrogens is 5. The van der Waals surface area contributed by atoms with E-state index in [2.05, 4.69) is 31.4 Å². The van der Waals surface area contributed by atoms with Crippen LogP contribution in [0.3, 0.4) is 0 Å². The highest BCUT2D eigenvalue weighted by molar-refractivity contribution is 5.96. The van der Waals surface area contributed by atoms with Crippen molar-refractivity contribution in [3.8, 4) is 5.69 Å². The van der Waals surface area contributed by atoms with Gasteiger partial charge >= 0.3 is 0 Å². The third kappa shape index (κ3) is 3.68. The normalized spacial score (nSPS) is 10.6. The van der Waals surface area contributed by atoms with Gasteiger partial charge in [0, 0.05) is 17.1 Å². The number of nitrogens with one attached hydrogen (secondary N) is 2. The lowest BCUT2D eigenvalue weighted by Crippen LogP contribution is -2.42. The Labute approximate surface area is 159 Å². The predicted octanol–water partition coefficient (Wildman–Crippen LogP) is 1.21. The van der Waals surface area contributed by atoms with Crippen LogP contribution in [0.15, 0.2) is 67.1 Å². The summed E-state index contributed by atoms with van der Waals surface area (Å²) in [6.45, 7) is 0. The summed E-state index contributed by atoms with van der Waals surface area (Å²) in [5, 5.41) is 11.9. The molecule has 0 spiro atoms. The summed E-state index contributed by atoms with van der Waals surface area (Å²) in [7, 11) is 0. The number of carbonyl (C=O) groups excluding carboxylic acids is 2. The topological polar surface area (TPSA) is 115 Å². The molecule has 0 aliphatic carbocycles. The predicted molar refractivity (Wildman–Crippen MR) is 100 cm³/mol. The Morgan fingerprint density at radius 3 is 2.57 bits per heavy atom. The Hall–Kier alpha value is -4.14. The maximum Gasteiger partial charge on any atom is 0.269 e. The van der Waals surface area contributed by atoms with Crippen LogP contribution in [-0.4, -0.2) is 37.0 Å². The highest BCUT2D eigenvalue weighted by Gasteiger charge is 2.10.